The van der Waals surface area contributed by atoms with Gasteiger partial charge in [0.15, 0.2) is 11.5 Å². The Morgan fingerprint density at radius 2 is 1.85 bits per heavy atom. The first-order valence-electron chi connectivity index (χ1n) is 8.21. The fourth-order valence-corrected chi connectivity index (χ4v) is 3.50. The predicted octanol–water partition coefficient (Wildman–Crippen LogP) is 4.72. The van der Waals surface area contributed by atoms with E-state index < -0.39 is 9.84 Å². The molecule has 2 aromatic carbocycles. The first-order chi connectivity index (χ1) is 12.8. The molecule has 0 saturated carbocycles. The number of rotatable bonds is 7. The normalized spacial score (nSPS) is 11.9. The number of sulfone groups is 1. The van der Waals surface area contributed by atoms with Crippen LogP contribution in [0.25, 0.3) is 6.08 Å². The van der Waals surface area contributed by atoms with Crippen LogP contribution in [0, 0.1) is 17.2 Å². The van der Waals surface area contributed by atoms with Gasteiger partial charge in [0.2, 0.25) is 9.84 Å². The summed E-state index contributed by atoms with van der Waals surface area (Å²) in [5.41, 5.74) is 0.512. The number of halogens is 1. The highest BCUT2D eigenvalue weighted by molar-refractivity contribution is 7.95. The number of ether oxygens (including phenoxy) is 2. The molecule has 0 saturated heterocycles. The Morgan fingerprint density at radius 1 is 1.19 bits per heavy atom. The van der Waals surface area contributed by atoms with Crippen LogP contribution in [0.5, 0.6) is 11.5 Å². The largest absolute Gasteiger partial charge is 0.493 e. The van der Waals surface area contributed by atoms with Gasteiger partial charge in [-0.2, -0.15) is 5.26 Å². The molecule has 142 valence electrons. The second kappa shape index (κ2) is 8.94. The lowest BCUT2D eigenvalue weighted by Crippen LogP contribution is -2.05. The molecule has 5 nitrogen and oxygen atoms in total. The lowest BCUT2D eigenvalue weighted by atomic mass is 10.2. The summed E-state index contributed by atoms with van der Waals surface area (Å²) < 4.78 is 36.4. The van der Waals surface area contributed by atoms with Gasteiger partial charge in [0.25, 0.3) is 0 Å². The highest BCUT2D eigenvalue weighted by Gasteiger charge is 2.21. The zero-order chi connectivity index (χ0) is 20.0. The number of allylic oxidation sites excluding steroid dienone is 1. The maximum absolute atomic E-state index is 12.7. The third kappa shape index (κ3) is 5.25. The van der Waals surface area contributed by atoms with E-state index in [1.807, 2.05) is 13.8 Å². The van der Waals surface area contributed by atoms with Crippen molar-refractivity contribution >= 4 is 27.5 Å². The number of benzene rings is 2. The Labute approximate surface area is 164 Å². The highest BCUT2D eigenvalue weighted by atomic mass is 35.5. The van der Waals surface area contributed by atoms with Crippen LogP contribution < -0.4 is 9.47 Å². The van der Waals surface area contributed by atoms with E-state index in [0.717, 1.165) is 0 Å². The SMILES string of the molecule is COc1cc(/C=C(\C#N)S(=O)(=O)c2ccc(Cl)cc2)ccc1OCC(C)C. The number of methoxy groups -OCH3 is 1. The number of hydrogen-bond donors (Lipinski definition) is 0. The molecule has 27 heavy (non-hydrogen) atoms. The van der Waals surface area contributed by atoms with Gasteiger partial charge in [-0.25, -0.2) is 8.42 Å². The van der Waals surface area contributed by atoms with Crippen molar-refractivity contribution in [3.63, 3.8) is 0 Å². The van der Waals surface area contributed by atoms with Crippen LogP contribution >= 0.6 is 11.6 Å². The molecule has 0 spiro atoms. The fourth-order valence-electron chi connectivity index (χ4n) is 2.21. The Morgan fingerprint density at radius 3 is 2.41 bits per heavy atom. The van der Waals surface area contributed by atoms with E-state index in [-0.39, 0.29) is 9.80 Å². The molecule has 0 heterocycles. The minimum Gasteiger partial charge on any atom is -0.493 e. The molecule has 0 aliphatic carbocycles. The lowest BCUT2D eigenvalue weighted by molar-refractivity contribution is 0.257. The van der Waals surface area contributed by atoms with E-state index in [4.69, 9.17) is 21.1 Å². The van der Waals surface area contributed by atoms with E-state index in [2.05, 4.69) is 0 Å². The minimum absolute atomic E-state index is 0.00329. The summed E-state index contributed by atoms with van der Waals surface area (Å²) in [6, 6.07) is 12.4. The average Bonchev–Trinajstić information content (AvgIpc) is 2.64. The maximum Gasteiger partial charge on any atom is 0.216 e. The van der Waals surface area contributed by atoms with Crippen molar-refractivity contribution in [3.05, 3.63) is 58.0 Å². The quantitative estimate of drug-likeness (QED) is 0.623. The summed E-state index contributed by atoms with van der Waals surface area (Å²) in [5.74, 6) is 1.37. The van der Waals surface area contributed by atoms with Crippen LogP contribution in [-0.4, -0.2) is 22.1 Å². The minimum atomic E-state index is -3.95. The second-order valence-electron chi connectivity index (χ2n) is 6.19. The van der Waals surface area contributed by atoms with E-state index in [1.165, 1.54) is 37.5 Å². The molecule has 0 atom stereocenters. The fraction of sp³-hybridized carbons (Fsp3) is 0.250. The van der Waals surface area contributed by atoms with Crippen molar-refractivity contribution in [2.75, 3.05) is 13.7 Å². The summed E-state index contributed by atoms with van der Waals surface area (Å²) in [5, 5.41) is 9.80. The van der Waals surface area contributed by atoms with E-state index in [9.17, 15) is 13.7 Å². The smallest absolute Gasteiger partial charge is 0.216 e. The zero-order valence-electron chi connectivity index (χ0n) is 15.3. The van der Waals surface area contributed by atoms with E-state index >= 15 is 0 Å². The Balaban J connectivity index is 2.40. The molecule has 0 aromatic heterocycles. The molecule has 0 unspecified atom stereocenters. The van der Waals surface area contributed by atoms with E-state index in [1.54, 1.807) is 24.3 Å². The van der Waals surface area contributed by atoms with Gasteiger partial charge < -0.3 is 9.47 Å². The van der Waals surface area contributed by atoms with Crippen LogP contribution in [0.2, 0.25) is 5.02 Å². The van der Waals surface area contributed by atoms with Crippen molar-refractivity contribution in [2.45, 2.75) is 18.7 Å². The summed E-state index contributed by atoms with van der Waals surface area (Å²) in [6.45, 7) is 4.59. The standard InChI is InChI=1S/C20H20ClNO4S/c1-14(2)13-26-19-9-4-15(11-20(19)25-3)10-18(12-22)27(23,24)17-7-5-16(21)6-8-17/h4-11,14H,13H2,1-3H3/b18-10+. The number of hydrogen-bond acceptors (Lipinski definition) is 5. The van der Waals surface area contributed by atoms with Crippen LogP contribution in [0.4, 0.5) is 0 Å². The predicted molar refractivity (Wildman–Crippen MR) is 106 cm³/mol. The van der Waals surface area contributed by atoms with Crippen molar-refractivity contribution in [1.82, 2.24) is 0 Å². The molecule has 0 bridgehead atoms. The van der Waals surface area contributed by atoms with Gasteiger partial charge in [0.05, 0.1) is 18.6 Å². The Kier molecular flexibility index (Phi) is 6.89. The Bertz CT molecular complexity index is 974. The lowest BCUT2D eigenvalue weighted by Gasteiger charge is -2.13. The van der Waals surface area contributed by atoms with Crippen molar-refractivity contribution in [1.29, 1.82) is 5.26 Å². The molecule has 0 radical (unpaired) electrons. The van der Waals surface area contributed by atoms with Crippen LogP contribution in [-0.2, 0) is 9.84 Å². The monoisotopic (exact) mass is 405 g/mol. The molecule has 0 aliphatic rings. The molecular weight excluding hydrogens is 386 g/mol. The summed E-state index contributed by atoms with van der Waals surface area (Å²) in [6.07, 6.45) is 1.30. The van der Waals surface area contributed by atoms with Gasteiger partial charge in [-0.3, -0.25) is 0 Å². The van der Waals surface area contributed by atoms with Crippen LogP contribution in [0.15, 0.2) is 52.3 Å². The molecule has 0 amide bonds. The van der Waals surface area contributed by atoms with Crippen molar-refractivity contribution in [2.24, 2.45) is 5.92 Å². The topological polar surface area (TPSA) is 76.4 Å². The van der Waals surface area contributed by atoms with E-state index in [0.29, 0.717) is 34.6 Å². The van der Waals surface area contributed by atoms with Gasteiger partial charge in [0.1, 0.15) is 11.0 Å². The van der Waals surface area contributed by atoms with Crippen LogP contribution in [0.1, 0.15) is 19.4 Å². The number of nitrogens with zero attached hydrogens (tertiary/aromatic N) is 1. The first kappa shape index (κ1) is 20.8. The molecule has 2 aromatic rings. The Hall–Kier alpha value is -2.49. The van der Waals surface area contributed by atoms with Gasteiger partial charge in [0, 0.05) is 5.02 Å². The maximum atomic E-state index is 12.7. The van der Waals surface area contributed by atoms with Crippen molar-refractivity contribution < 1.29 is 17.9 Å². The second-order valence-corrected chi connectivity index (χ2v) is 8.55. The average molecular weight is 406 g/mol. The van der Waals surface area contributed by atoms with Gasteiger partial charge in [-0.05, 0) is 54.0 Å². The summed E-state index contributed by atoms with van der Waals surface area (Å²) >= 11 is 5.80. The van der Waals surface area contributed by atoms with Gasteiger partial charge in [-0.15, -0.1) is 0 Å². The first-order valence-corrected chi connectivity index (χ1v) is 10.1. The van der Waals surface area contributed by atoms with Gasteiger partial charge >= 0.3 is 0 Å². The molecule has 2 rings (SSSR count). The molecule has 0 aliphatic heterocycles. The third-order valence-corrected chi connectivity index (χ3v) is 5.51. The molecule has 7 heteroatoms. The number of nitriles is 1. The summed E-state index contributed by atoms with van der Waals surface area (Å²) in [4.78, 5) is -0.369. The highest BCUT2D eigenvalue weighted by Crippen LogP contribution is 2.30. The summed E-state index contributed by atoms with van der Waals surface area (Å²) in [7, 11) is -2.45. The van der Waals surface area contributed by atoms with Gasteiger partial charge in [-0.1, -0.05) is 31.5 Å². The van der Waals surface area contributed by atoms with Crippen LogP contribution in [0.3, 0.4) is 0 Å². The third-order valence-electron chi connectivity index (χ3n) is 3.58. The van der Waals surface area contributed by atoms with Crippen molar-refractivity contribution in [3.8, 4) is 17.6 Å². The molecular formula is C20H20ClNO4S. The molecule has 0 fully saturated rings. The zero-order valence-corrected chi connectivity index (χ0v) is 16.8. The molecule has 0 N–H and O–H groups in total.